The molecule has 2 rings (SSSR count). The lowest BCUT2D eigenvalue weighted by Gasteiger charge is -2.28. The second kappa shape index (κ2) is 6.89. The number of rotatable bonds is 5. The molecule has 2 fully saturated rings. The molecule has 3 unspecified atom stereocenters. The van der Waals surface area contributed by atoms with Crippen LogP contribution >= 0.6 is 0 Å². The molecule has 20 heavy (non-hydrogen) atoms. The molecule has 2 heterocycles. The van der Waals surface area contributed by atoms with Crippen molar-refractivity contribution in [3.8, 4) is 0 Å². The molecular formula is C14H26N2O3S. The van der Waals surface area contributed by atoms with E-state index in [0.29, 0.717) is 24.7 Å². The zero-order valence-corrected chi connectivity index (χ0v) is 13.0. The zero-order valence-electron chi connectivity index (χ0n) is 12.2. The average molecular weight is 302 g/mol. The Labute approximate surface area is 121 Å². The van der Waals surface area contributed by atoms with Crippen LogP contribution in [0.5, 0.6) is 0 Å². The highest BCUT2D eigenvalue weighted by Gasteiger charge is 2.31. The van der Waals surface area contributed by atoms with Gasteiger partial charge in [-0.05, 0) is 50.6 Å². The highest BCUT2D eigenvalue weighted by atomic mass is 32.2. The maximum Gasteiger partial charge on any atom is 0.220 e. The van der Waals surface area contributed by atoms with Crippen molar-refractivity contribution in [2.45, 2.75) is 44.3 Å². The Hall–Kier alpha value is -0.620. The van der Waals surface area contributed by atoms with Gasteiger partial charge in [-0.1, -0.05) is 6.92 Å². The van der Waals surface area contributed by atoms with Crippen molar-refractivity contribution in [2.24, 2.45) is 11.8 Å². The largest absolute Gasteiger partial charge is 0.355 e. The minimum absolute atomic E-state index is 0.00910. The van der Waals surface area contributed by atoms with E-state index in [9.17, 15) is 13.2 Å². The van der Waals surface area contributed by atoms with Crippen LogP contribution in [-0.2, 0) is 14.6 Å². The van der Waals surface area contributed by atoms with Gasteiger partial charge in [-0.3, -0.25) is 4.79 Å². The summed E-state index contributed by atoms with van der Waals surface area (Å²) in [6.45, 7) is 4.47. The molecule has 0 saturated carbocycles. The van der Waals surface area contributed by atoms with Gasteiger partial charge in [0.05, 0.1) is 11.0 Å². The second-order valence-corrected chi connectivity index (χ2v) is 8.62. The van der Waals surface area contributed by atoms with Crippen LogP contribution in [0, 0.1) is 11.8 Å². The molecule has 0 aromatic heterocycles. The number of sulfone groups is 1. The highest BCUT2D eigenvalue weighted by molar-refractivity contribution is 7.92. The second-order valence-electron chi connectivity index (χ2n) is 6.22. The monoisotopic (exact) mass is 302 g/mol. The summed E-state index contributed by atoms with van der Waals surface area (Å²) in [5.74, 6) is 1.18. The van der Waals surface area contributed by atoms with Gasteiger partial charge in [-0.25, -0.2) is 8.42 Å². The molecule has 0 aromatic carbocycles. The summed E-state index contributed by atoms with van der Waals surface area (Å²) in [7, 11) is -2.96. The minimum Gasteiger partial charge on any atom is -0.355 e. The van der Waals surface area contributed by atoms with Crippen LogP contribution in [0.1, 0.15) is 39.0 Å². The lowest BCUT2D eigenvalue weighted by Crippen LogP contribution is -2.38. The Balaban J connectivity index is 1.72. The maximum absolute atomic E-state index is 11.9. The van der Waals surface area contributed by atoms with E-state index in [1.165, 1.54) is 12.8 Å². The third-order valence-electron chi connectivity index (χ3n) is 4.64. The Morgan fingerprint density at radius 3 is 2.75 bits per heavy atom. The summed E-state index contributed by atoms with van der Waals surface area (Å²) in [6.07, 6.45) is 4.27. The molecule has 5 nitrogen and oxygen atoms in total. The molecular weight excluding hydrogens is 276 g/mol. The number of carbonyl (C=O) groups excluding carboxylic acids is 1. The maximum atomic E-state index is 11.9. The predicted octanol–water partition coefficient (Wildman–Crippen LogP) is 0.706. The smallest absolute Gasteiger partial charge is 0.220 e. The standard InChI is InChI=1S/C14H26N2O3S/c1-11(12-4-2-6-15-9-12)8-14(17)16-10-13-5-3-7-20(13,18)19/h11-13,15H,2-10H2,1H3,(H,16,17). The molecule has 116 valence electrons. The van der Waals surface area contributed by atoms with Crippen molar-refractivity contribution in [3.05, 3.63) is 0 Å². The first-order valence-corrected chi connectivity index (χ1v) is 9.39. The van der Waals surface area contributed by atoms with Crippen LogP contribution < -0.4 is 10.6 Å². The molecule has 0 spiro atoms. The molecule has 0 bridgehead atoms. The van der Waals surface area contributed by atoms with Gasteiger partial charge < -0.3 is 10.6 Å². The van der Waals surface area contributed by atoms with Gasteiger partial charge in [-0.2, -0.15) is 0 Å². The van der Waals surface area contributed by atoms with E-state index in [2.05, 4.69) is 17.6 Å². The molecule has 3 atom stereocenters. The van der Waals surface area contributed by atoms with Gasteiger partial charge >= 0.3 is 0 Å². The van der Waals surface area contributed by atoms with Crippen molar-refractivity contribution < 1.29 is 13.2 Å². The third-order valence-corrected chi connectivity index (χ3v) is 6.91. The first kappa shape index (κ1) is 15.8. The van der Waals surface area contributed by atoms with Crippen LogP contribution in [0.2, 0.25) is 0 Å². The SMILES string of the molecule is CC(CC(=O)NCC1CCCS1(=O)=O)C1CCCNC1. The van der Waals surface area contributed by atoms with Crippen LogP contribution in [-0.4, -0.2) is 45.0 Å². The van der Waals surface area contributed by atoms with Crippen molar-refractivity contribution in [2.75, 3.05) is 25.4 Å². The minimum atomic E-state index is -2.96. The molecule has 2 N–H and O–H groups in total. The van der Waals surface area contributed by atoms with Crippen LogP contribution in [0.3, 0.4) is 0 Å². The van der Waals surface area contributed by atoms with Gasteiger partial charge in [0, 0.05) is 13.0 Å². The lowest BCUT2D eigenvalue weighted by molar-refractivity contribution is -0.122. The fourth-order valence-corrected chi connectivity index (χ4v) is 4.98. The van der Waals surface area contributed by atoms with E-state index in [1.54, 1.807) is 0 Å². The van der Waals surface area contributed by atoms with Gasteiger partial charge in [0.2, 0.25) is 5.91 Å². The molecule has 0 aromatic rings. The van der Waals surface area contributed by atoms with Gasteiger partial charge in [0.25, 0.3) is 0 Å². The van der Waals surface area contributed by atoms with Crippen molar-refractivity contribution >= 4 is 15.7 Å². The van der Waals surface area contributed by atoms with Crippen LogP contribution in [0.15, 0.2) is 0 Å². The van der Waals surface area contributed by atoms with E-state index in [-0.39, 0.29) is 23.5 Å². The molecule has 0 aliphatic carbocycles. The number of piperidine rings is 1. The first-order chi connectivity index (χ1) is 9.49. The molecule has 1 amide bonds. The van der Waals surface area contributed by atoms with Crippen molar-refractivity contribution in [1.29, 1.82) is 0 Å². The van der Waals surface area contributed by atoms with Crippen molar-refractivity contribution in [3.63, 3.8) is 0 Å². The summed E-state index contributed by atoms with van der Waals surface area (Å²) in [4.78, 5) is 11.9. The predicted molar refractivity (Wildman–Crippen MR) is 79.2 cm³/mol. The van der Waals surface area contributed by atoms with E-state index >= 15 is 0 Å². The van der Waals surface area contributed by atoms with E-state index in [1.807, 2.05) is 0 Å². The number of hydrogen-bond acceptors (Lipinski definition) is 4. The van der Waals surface area contributed by atoms with E-state index < -0.39 is 9.84 Å². The zero-order chi connectivity index (χ0) is 14.6. The molecule has 2 saturated heterocycles. The Morgan fingerprint density at radius 1 is 1.35 bits per heavy atom. The fraction of sp³-hybridized carbons (Fsp3) is 0.929. The Morgan fingerprint density at radius 2 is 2.15 bits per heavy atom. The van der Waals surface area contributed by atoms with E-state index in [4.69, 9.17) is 0 Å². The van der Waals surface area contributed by atoms with E-state index in [0.717, 1.165) is 19.5 Å². The van der Waals surface area contributed by atoms with Gasteiger partial charge in [0.1, 0.15) is 0 Å². The molecule has 6 heteroatoms. The number of carbonyl (C=O) groups is 1. The molecule has 0 radical (unpaired) electrons. The normalized spacial score (nSPS) is 30.9. The number of nitrogens with one attached hydrogen (secondary N) is 2. The summed E-state index contributed by atoms with van der Waals surface area (Å²) < 4.78 is 23.4. The summed E-state index contributed by atoms with van der Waals surface area (Å²) in [5.41, 5.74) is 0. The van der Waals surface area contributed by atoms with Gasteiger partial charge in [-0.15, -0.1) is 0 Å². The fourth-order valence-electron chi connectivity index (χ4n) is 3.21. The van der Waals surface area contributed by atoms with Gasteiger partial charge in [0.15, 0.2) is 9.84 Å². The summed E-state index contributed by atoms with van der Waals surface area (Å²) >= 11 is 0. The van der Waals surface area contributed by atoms with Crippen LogP contribution in [0.25, 0.3) is 0 Å². The quantitative estimate of drug-likeness (QED) is 0.784. The first-order valence-electron chi connectivity index (χ1n) is 7.68. The molecule has 2 aliphatic heterocycles. The Kier molecular flexibility index (Phi) is 5.43. The lowest BCUT2D eigenvalue weighted by atomic mass is 9.85. The number of amides is 1. The summed E-state index contributed by atoms with van der Waals surface area (Å²) in [5, 5.41) is 5.81. The third kappa shape index (κ3) is 4.19. The highest BCUT2D eigenvalue weighted by Crippen LogP contribution is 2.23. The van der Waals surface area contributed by atoms with Crippen molar-refractivity contribution in [1.82, 2.24) is 10.6 Å². The Bertz CT molecular complexity index is 430. The summed E-state index contributed by atoms with van der Waals surface area (Å²) in [6, 6.07) is 0. The van der Waals surface area contributed by atoms with Crippen LogP contribution in [0.4, 0.5) is 0 Å². The topological polar surface area (TPSA) is 75.3 Å². The average Bonchev–Trinajstić information content (AvgIpc) is 2.76. The molecule has 2 aliphatic rings. The number of hydrogen-bond donors (Lipinski definition) is 2.